The molecule has 2 aliphatic rings. The highest BCUT2D eigenvalue weighted by Crippen LogP contribution is 2.53. The van der Waals surface area contributed by atoms with E-state index in [1.807, 2.05) is 18.2 Å². The minimum Gasteiger partial charge on any atom is -0.309 e. The second kappa shape index (κ2) is 2.70. The van der Waals surface area contributed by atoms with Crippen LogP contribution in [-0.2, 0) is 13.0 Å². The zero-order valence-electron chi connectivity index (χ0n) is 8.93. The maximum Gasteiger partial charge on any atom is 0.182 e. The first-order chi connectivity index (χ1) is 7.86. The Kier molecular flexibility index (Phi) is 1.42. The van der Waals surface area contributed by atoms with Gasteiger partial charge in [0.25, 0.3) is 0 Å². The van der Waals surface area contributed by atoms with Crippen molar-refractivity contribution in [1.29, 1.82) is 0 Å². The molecule has 4 nitrogen and oxygen atoms in total. The molecule has 2 aromatic heterocycles. The summed E-state index contributed by atoms with van der Waals surface area (Å²) < 4.78 is 2.25. The topological polar surface area (TPSA) is 43.6 Å². The van der Waals surface area contributed by atoms with Gasteiger partial charge in [0.2, 0.25) is 0 Å². The third-order valence-electron chi connectivity index (χ3n) is 3.71. The van der Waals surface area contributed by atoms with Crippen LogP contribution in [0, 0.1) is 5.41 Å². The molecule has 1 aliphatic carbocycles. The third kappa shape index (κ3) is 1.07. The van der Waals surface area contributed by atoms with Crippen LogP contribution >= 0.6 is 0 Å². The maximum absolute atomic E-state index is 4.34. The Labute approximate surface area is 93.3 Å². The van der Waals surface area contributed by atoms with Gasteiger partial charge in [0.05, 0.1) is 0 Å². The monoisotopic (exact) mass is 212 g/mol. The van der Waals surface area contributed by atoms with Crippen LogP contribution in [0.1, 0.15) is 18.7 Å². The van der Waals surface area contributed by atoms with Gasteiger partial charge in [0, 0.05) is 19.2 Å². The lowest BCUT2D eigenvalue weighted by molar-refractivity contribution is 0.493. The second-order valence-electron chi connectivity index (χ2n) is 4.92. The van der Waals surface area contributed by atoms with Crippen LogP contribution < -0.4 is 0 Å². The first-order valence-electron chi connectivity index (χ1n) is 5.70. The Hall–Kier alpha value is -1.71. The summed E-state index contributed by atoms with van der Waals surface area (Å²) in [5.41, 5.74) is 1.47. The van der Waals surface area contributed by atoms with Crippen LogP contribution in [-0.4, -0.2) is 19.7 Å². The van der Waals surface area contributed by atoms with Crippen molar-refractivity contribution in [2.45, 2.75) is 25.8 Å². The average Bonchev–Trinajstić information content (AvgIpc) is 2.79. The predicted molar refractivity (Wildman–Crippen MR) is 58.6 cm³/mol. The molecule has 0 N–H and O–H groups in total. The summed E-state index contributed by atoms with van der Waals surface area (Å²) in [5, 5.41) is 8.53. The highest BCUT2D eigenvalue weighted by molar-refractivity contribution is 5.49. The summed E-state index contributed by atoms with van der Waals surface area (Å²) >= 11 is 0. The standard InChI is InChI=1S/C12H12N4/c1-2-6-13-9(3-1)11-15-14-10-7-12(4-5-12)8-16(10)11/h1-3,6H,4-5,7-8H2. The largest absolute Gasteiger partial charge is 0.309 e. The van der Waals surface area contributed by atoms with Crippen LogP contribution in [0.5, 0.6) is 0 Å². The zero-order chi connectivity index (χ0) is 10.6. The van der Waals surface area contributed by atoms with Crippen LogP contribution in [0.4, 0.5) is 0 Å². The van der Waals surface area contributed by atoms with Crippen molar-refractivity contribution < 1.29 is 0 Å². The third-order valence-corrected chi connectivity index (χ3v) is 3.71. The molecule has 0 amide bonds. The molecule has 3 heterocycles. The molecule has 2 aromatic rings. The lowest BCUT2D eigenvalue weighted by Gasteiger charge is -2.05. The van der Waals surface area contributed by atoms with Gasteiger partial charge < -0.3 is 4.57 Å². The first-order valence-corrected chi connectivity index (χ1v) is 5.70. The molecular weight excluding hydrogens is 200 g/mol. The van der Waals surface area contributed by atoms with Gasteiger partial charge >= 0.3 is 0 Å². The SMILES string of the molecule is c1ccc(-c2nnc3n2CC2(CC2)C3)nc1. The Morgan fingerprint density at radius 2 is 2.12 bits per heavy atom. The summed E-state index contributed by atoms with van der Waals surface area (Å²) in [5.74, 6) is 2.07. The van der Waals surface area contributed by atoms with Crippen LogP contribution in [0.15, 0.2) is 24.4 Å². The van der Waals surface area contributed by atoms with Crippen LogP contribution in [0.25, 0.3) is 11.5 Å². The predicted octanol–water partition coefficient (Wildman–Crippen LogP) is 1.68. The summed E-state index contributed by atoms with van der Waals surface area (Å²) in [6, 6.07) is 5.91. The molecule has 80 valence electrons. The van der Waals surface area contributed by atoms with E-state index in [4.69, 9.17) is 0 Å². The van der Waals surface area contributed by atoms with E-state index in [0.29, 0.717) is 5.41 Å². The fourth-order valence-electron chi connectivity index (χ4n) is 2.56. The smallest absolute Gasteiger partial charge is 0.182 e. The normalized spacial score (nSPS) is 20.0. The van der Waals surface area contributed by atoms with E-state index >= 15 is 0 Å². The molecule has 0 saturated heterocycles. The van der Waals surface area contributed by atoms with Gasteiger partial charge in [-0.15, -0.1) is 10.2 Å². The van der Waals surface area contributed by atoms with E-state index in [-0.39, 0.29) is 0 Å². The number of fused-ring (bicyclic) bond motifs is 1. The van der Waals surface area contributed by atoms with E-state index < -0.39 is 0 Å². The summed E-state index contributed by atoms with van der Waals surface area (Å²) in [6.07, 6.45) is 5.60. The Morgan fingerprint density at radius 3 is 2.88 bits per heavy atom. The van der Waals surface area contributed by atoms with Gasteiger partial charge in [-0.3, -0.25) is 4.98 Å². The molecule has 1 saturated carbocycles. The van der Waals surface area contributed by atoms with Crippen molar-refractivity contribution >= 4 is 0 Å². The molecule has 4 rings (SSSR count). The summed E-state index contributed by atoms with van der Waals surface area (Å²) in [4.78, 5) is 4.34. The molecule has 0 unspecified atom stereocenters. The maximum atomic E-state index is 4.34. The summed E-state index contributed by atoms with van der Waals surface area (Å²) in [7, 11) is 0. The van der Waals surface area contributed by atoms with Gasteiger partial charge in [0.1, 0.15) is 11.5 Å². The number of aromatic nitrogens is 4. The Morgan fingerprint density at radius 1 is 1.19 bits per heavy atom. The van der Waals surface area contributed by atoms with E-state index in [1.54, 1.807) is 6.20 Å². The van der Waals surface area contributed by atoms with Crippen LogP contribution in [0.2, 0.25) is 0 Å². The quantitative estimate of drug-likeness (QED) is 0.722. The average molecular weight is 212 g/mol. The van der Waals surface area contributed by atoms with Crippen molar-refractivity contribution in [1.82, 2.24) is 19.7 Å². The van der Waals surface area contributed by atoms with E-state index in [1.165, 1.54) is 12.8 Å². The first kappa shape index (κ1) is 8.44. The Balaban J connectivity index is 1.82. The molecule has 4 heteroatoms. The van der Waals surface area contributed by atoms with Gasteiger partial charge in [-0.2, -0.15) is 0 Å². The zero-order valence-corrected chi connectivity index (χ0v) is 8.93. The van der Waals surface area contributed by atoms with Gasteiger partial charge in [-0.25, -0.2) is 0 Å². The fourth-order valence-corrected chi connectivity index (χ4v) is 2.56. The molecule has 1 fully saturated rings. The van der Waals surface area contributed by atoms with Gasteiger partial charge in [-0.05, 0) is 30.4 Å². The number of hydrogen-bond acceptors (Lipinski definition) is 3. The highest BCUT2D eigenvalue weighted by atomic mass is 15.3. The van der Waals surface area contributed by atoms with Crippen LogP contribution in [0.3, 0.4) is 0 Å². The van der Waals surface area contributed by atoms with Crippen molar-refractivity contribution in [3.63, 3.8) is 0 Å². The molecular formula is C12H12N4. The molecule has 0 radical (unpaired) electrons. The lowest BCUT2D eigenvalue weighted by atomic mass is 10.1. The molecule has 16 heavy (non-hydrogen) atoms. The van der Waals surface area contributed by atoms with E-state index in [0.717, 1.165) is 30.3 Å². The van der Waals surface area contributed by atoms with Gasteiger partial charge in [-0.1, -0.05) is 6.07 Å². The van der Waals surface area contributed by atoms with Crippen molar-refractivity contribution in [2.24, 2.45) is 5.41 Å². The van der Waals surface area contributed by atoms with Gasteiger partial charge in [0.15, 0.2) is 5.82 Å². The molecule has 1 spiro atoms. The minimum atomic E-state index is 0.537. The molecule has 0 atom stereocenters. The van der Waals surface area contributed by atoms with E-state index in [9.17, 15) is 0 Å². The molecule has 0 aromatic carbocycles. The second-order valence-corrected chi connectivity index (χ2v) is 4.92. The van der Waals surface area contributed by atoms with E-state index in [2.05, 4.69) is 19.7 Å². The minimum absolute atomic E-state index is 0.537. The molecule has 0 bridgehead atoms. The molecule has 1 aliphatic heterocycles. The number of pyridine rings is 1. The number of nitrogens with zero attached hydrogens (tertiary/aromatic N) is 4. The number of rotatable bonds is 1. The number of hydrogen-bond donors (Lipinski definition) is 0. The fraction of sp³-hybridized carbons (Fsp3) is 0.417. The van der Waals surface area contributed by atoms with Crippen molar-refractivity contribution in [3.05, 3.63) is 30.2 Å². The van der Waals surface area contributed by atoms with Crippen molar-refractivity contribution in [3.8, 4) is 11.5 Å². The lowest BCUT2D eigenvalue weighted by Crippen LogP contribution is -2.04. The Bertz CT molecular complexity index is 539. The van der Waals surface area contributed by atoms with Crippen molar-refractivity contribution in [2.75, 3.05) is 0 Å². The highest BCUT2D eigenvalue weighted by Gasteiger charge is 2.49. The summed E-state index contributed by atoms with van der Waals surface area (Å²) in [6.45, 7) is 1.08.